The van der Waals surface area contributed by atoms with Crippen LogP contribution in [0.5, 0.6) is 0 Å². The first kappa shape index (κ1) is 15.8. The number of nitrogens with zero attached hydrogens (tertiary/aromatic N) is 2. The van der Waals surface area contributed by atoms with E-state index in [4.69, 9.17) is 23.8 Å². The molecule has 0 amide bonds. The van der Waals surface area contributed by atoms with Crippen LogP contribution in [-0.4, -0.2) is 14.9 Å². The van der Waals surface area contributed by atoms with E-state index in [9.17, 15) is 0 Å². The monoisotopic (exact) mass is 322 g/mol. The van der Waals surface area contributed by atoms with Crippen molar-refractivity contribution in [3.05, 3.63) is 46.2 Å². The van der Waals surface area contributed by atoms with Crippen molar-refractivity contribution in [1.29, 1.82) is 0 Å². The average molecular weight is 323 g/mol. The zero-order chi connectivity index (χ0) is 15.4. The van der Waals surface area contributed by atoms with Gasteiger partial charge in [-0.15, -0.1) is 0 Å². The number of thiocarbonyl (C=S) groups is 1. The second-order valence-corrected chi connectivity index (χ2v) is 5.71. The summed E-state index contributed by atoms with van der Waals surface area (Å²) in [5.74, 6) is 0. The quantitative estimate of drug-likeness (QED) is 0.843. The Morgan fingerprint density at radius 2 is 2.14 bits per heavy atom. The minimum atomic E-state index is 0.573. The van der Waals surface area contributed by atoms with Crippen molar-refractivity contribution in [3.63, 3.8) is 0 Å². The summed E-state index contributed by atoms with van der Waals surface area (Å²) < 4.78 is 1.92. The summed E-state index contributed by atoms with van der Waals surface area (Å²) in [6.07, 6.45) is 2.04. The van der Waals surface area contributed by atoms with Crippen molar-refractivity contribution >= 4 is 34.6 Å². The van der Waals surface area contributed by atoms with Crippen LogP contribution in [0.25, 0.3) is 0 Å². The summed E-state index contributed by atoms with van der Waals surface area (Å²) in [4.78, 5) is 0. The Labute approximate surface area is 135 Å². The lowest BCUT2D eigenvalue weighted by molar-refractivity contribution is 0.653. The number of hydrogen-bond acceptors (Lipinski definition) is 2. The van der Waals surface area contributed by atoms with Gasteiger partial charge in [0.1, 0.15) is 0 Å². The molecule has 0 bridgehead atoms. The van der Waals surface area contributed by atoms with E-state index in [1.54, 1.807) is 0 Å². The van der Waals surface area contributed by atoms with Gasteiger partial charge in [0.25, 0.3) is 0 Å². The van der Waals surface area contributed by atoms with E-state index in [1.165, 1.54) is 0 Å². The van der Waals surface area contributed by atoms with Gasteiger partial charge in [-0.3, -0.25) is 4.68 Å². The molecule has 0 radical (unpaired) electrons. The lowest BCUT2D eigenvalue weighted by atomic mass is 10.2. The fraction of sp³-hybridized carbons (Fsp3) is 0.333. The van der Waals surface area contributed by atoms with Crippen LogP contribution in [0.3, 0.4) is 0 Å². The lowest BCUT2D eigenvalue weighted by Gasteiger charge is -2.12. The van der Waals surface area contributed by atoms with Gasteiger partial charge in [-0.2, -0.15) is 5.10 Å². The van der Waals surface area contributed by atoms with E-state index in [0.717, 1.165) is 29.1 Å². The van der Waals surface area contributed by atoms with Gasteiger partial charge in [-0.25, -0.2) is 0 Å². The molecule has 0 spiro atoms. The summed E-state index contributed by atoms with van der Waals surface area (Å²) in [7, 11) is 0. The molecule has 2 rings (SSSR count). The Kier molecular flexibility index (Phi) is 5.20. The van der Waals surface area contributed by atoms with Crippen molar-refractivity contribution < 1.29 is 0 Å². The molecule has 0 aliphatic carbocycles. The Bertz CT molecular complexity index is 651. The molecular formula is C15H19ClN4S. The number of nitrogens with one attached hydrogen (secondary N) is 2. The maximum atomic E-state index is 6.00. The molecule has 0 saturated heterocycles. The highest BCUT2D eigenvalue weighted by Crippen LogP contribution is 2.20. The van der Waals surface area contributed by atoms with Crippen LogP contribution in [0.15, 0.2) is 24.4 Å². The maximum absolute atomic E-state index is 6.00. The SMILES string of the molecule is CCn1cc(CNC(=S)Nc2cc(Cl)ccc2C)c(C)n1. The summed E-state index contributed by atoms with van der Waals surface area (Å²) >= 11 is 11.3. The summed E-state index contributed by atoms with van der Waals surface area (Å²) in [5, 5.41) is 12.0. The number of anilines is 1. The number of aromatic nitrogens is 2. The van der Waals surface area contributed by atoms with Crippen molar-refractivity contribution in [3.8, 4) is 0 Å². The van der Waals surface area contributed by atoms with Gasteiger partial charge in [0.15, 0.2) is 5.11 Å². The number of halogens is 1. The highest BCUT2D eigenvalue weighted by atomic mass is 35.5. The molecule has 6 heteroatoms. The molecule has 0 saturated carbocycles. The molecule has 2 N–H and O–H groups in total. The fourth-order valence-electron chi connectivity index (χ4n) is 1.97. The second kappa shape index (κ2) is 6.91. The van der Waals surface area contributed by atoms with Gasteiger partial charge in [0.2, 0.25) is 0 Å². The maximum Gasteiger partial charge on any atom is 0.171 e. The number of benzene rings is 1. The largest absolute Gasteiger partial charge is 0.358 e. The molecule has 0 aliphatic rings. The Morgan fingerprint density at radius 1 is 1.38 bits per heavy atom. The van der Waals surface area contributed by atoms with Crippen molar-refractivity contribution in [1.82, 2.24) is 15.1 Å². The molecule has 21 heavy (non-hydrogen) atoms. The third kappa shape index (κ3) is 4.19. The molecule has 0 atom stereocenters. The van der Waals surface area contributed by atoms with Crippen LogP contribution in [0.4, 0.5) is 5.69 Å². The van der Waals surface area contributed by atoms with Crippen LogP contribution in [0, 0.1) is 13.8 Å². The summed E-state index contributed by atoms with van der Waals surface area (Å²) in [6.45, 7) is 7.59. The highest BCUT2D eigenvalue weighted by Gasteiger charge is 2.06. The first-order chi connectivity index (χ1) is 9.99. The molecule has 112 valence electrons. The smallest absolute Gasteiger partial charge is 0.171 e. The predicted molar refractivity (Wildman–Crippen MR) is 91.9 cm³/mol. The van der Waals surface area contributed by atoms with Crippen molar-refractivity contribution in [2.75, 3.05) is 5.32 Å². The Balaban J connectivity index is 1.95. The standard InChI is InChI=1S/C15H19ClN4S/c1-4-20-9-12(11(3)19-20)8-17-15(21)18-14-7-13(16)6-5-10(14)2/h5-7,9H,4,8H2,1-3H3,(H2,17,18,21). The first-order valence-electron chi connectivity index (χ1n) is 6.83. The number of aryl methyl sites for hydroxylation is 3. The zero-order valence-electron chi connectivity index (χ0n) is 12.4. The van der Waals surface area contributed by atoms with Crippen molar-refractivity contribution in [2.45, 2.75) is 33.9 Å². The Hall–Kier alpha value is -1.59. The second-order valence-electron chi connectivity index (χ2n) is 4.86. The molecule has 2 aromatic rings. The van der Waals surface area contributed by atoms with Crippen LogP contribution < -0.4 is 10.6 Å². The van der Waals surface area contributed by atoms with Crippen LogP contribution in [0.2, 0.25) is 5.02 Å². The minimum absolute atomic E-state index is 0.573. The van der Waals surface area contributed by atoms with Gasteiger partial charge in [0.05, 0.1) is 5.69 Å². The molecule has 0 unspecified atom stereocenters. The minimum Gasteiger partial charge on any atom is -0.358 e. The van der Waals surface area contributed by atoms with Gasteiger partial charge in [0, 0.05) is 35.6 Å². The Morgan fingerprint density at radius 3 is 2.81 bits per heavy atom. The van der Waals surface area contributed by atoms with E-state index in [2.05, 4.69) is 22.7 Å². The van der Waals surface area contributed by atoms with Crippen molar-refractivity contribution in [2.24, 2.45) is 0 Å². The van der Waals surface area contributed by atoms with Gasteiger partial charge in [-0.1, -0.05) is 17.7 Å². The van der Waals surface area contributed by atoms with E-state index in [0.29, 0.717) is 16.7 Å². The topological polar surface area (TPSA) is 41.9 Å². The number of hydrogen-bond donors (Lipinski definition) is 2. The molecule has 0 fully saturated rings. The third-order valence-electron chi connectivity index (χ3n) is 3.26. The lowest BCUT2D eigenvalue weighted by Crippen LogP contribution is -2.28. The third-order valence-corrected chi connectivity index (χ3v) is 3.74. The van der Waals surface area contributed by atoms with Crippen LogP contribution in [-0.2, 0) is 13.1 Å². The van der Waals surface area contributed by atoms with E-state index < -0.39 is 0 Å². The van der Waals surface area contributed by atoms with Gasteiger partial charge >= 0.3 is 0 Å². The van der Waals surface area contributed by atoms with Crippen LogP contribution >= 0.6 is 23.8 Å². The number of rotatable bonds is 4. The molecule has 1 heterocycles. The zero-order valence-corrected chi connectivity index (χ0v) is 14.0. The molecule has 1 aromatic heterocycles. The molecular weight excluding hydrogens is 304 g/mol. The normalized spacial score (nSPS) is 10.5. The average Bonchev–Trinajstić information content (AvgIpc) is 2.81. The fourth-order valence-corrected chi connectivity index (χ4v) is 2.32. The van der Waals surface area contributed by atoms with Gasteiger partial charge in [-0.05, 0) is 50.7 Å². The van der Waals surface area contributed by atoms with Gasteiger partial charge < -0.3 is 10.6 Å². The van der Waals surface area contributed by atoms with E-state index in [1.807, 2.05) is 42.9 Å². The molecule has 1 aromatic carbocycles. The van der Waals surface area contributed by atoms with E-state index >= 15 is 0 Å². The highest BCUT2D eigenvalue weighted by molar-refractivity contribution is 7.80. The summed E-state index contributed by atoms with van der Waals surface area (Å²) in [6, 6.07) is 5.69. The molecule has 4 nitrogen and oxygen atoms in total. The summed E-state index contributed by atoms with van der Waals surface area (Å²) in [5.41, 5.74) is 4.18. The van der Waals surface area contributed by atoms with Crippen LogP contribution in [0.1, 0.15) is 23.7 Å². The molecule has 0 aliphatic heterocycles. The predicted octanol–water partition coefficient (Wildman–Crippen LogP) is 3.66. The first-order valence-corrected chi connectivity index (χ1v) is 7.62. The van der Waals surface area contributed by atoms with E-state index in [-0.39, 0.29) is 0 Å².